The summed E-state index contributed by atoms with van der Waals surface area (Å²) >= 11 is 3.21. The minimum absolute atomic E-state index is 0.148. The molecule has 2 aromatic rings. The van der Waals surface area contributed by atoms with Crippen LogP contribution in [0.25, 0.3) is 0 Å². The van der Waals surface area contributed by atoms with E-state index in [0.29, 0.717) is 21.5 Å². The zero-order valence-corrected chi connectivity index (χ0v) is 12.5. The predicted molar refractivity (Wildman–Crippen MR) is 80.6 cm³/mol. The molecule has 0 radical (unpaired) electrons. The highest BCUT2D eigenvalue weighted by atomic mass is 79.9. The van der Waals surface area contributed by atoms with Crippen molar-refractivity contribution in [3.63, 3.8) is 0 Å². The van der Waals surface area contributed by atoms with Crippen LogP contribution in [-0.2, 0) is 0 Å². The number of carbonyl (C=O) groups is 1. The summed E-state index contributed by atoms with van der Waals surface area (Å²) in [6, 6.07) is 12.0. The summed E-state index contributed by atoms with van der Waals surface area (Å²) < 4.78 is 13.9. The van der Waals surface area contributed by atoms with Gasteiger partial charge in [0, 0.05) is 15.6 Å². The Morgan fingerprint density at radius 1 is 1.05 bits per heavy atom. The molecule has 3 heteroatoms. The Balaban J connectivity index is 1.86. The first kappa shape index (κ1) is 13.5. The molecule has 1 saturated carbocycles. The third-order valence-electron chi connectivity index (χ3n) is 3.87. The number of rotatable bonds is 3. The van der Waals surface area contributed by atoms with Crippen LogP contribution in [0.1, 0.15) is 46.7 Å². The van der Waals surface area contributed by atoms with Crippen LogP contribution in [0, 0.1) is 5.82 Å². The molecule has 0 atom stereocenters. The van der Waals surface area contributed by atoms with Gasteiger partial charge in [-0.1, -0.05) is 46.6 Å². The van der Waals surface area contributed by atoms with Gasteiger partial charge in [0.2, 0.25) is 0 Å². The molecule has 20 heavy (non-hydrogen) atoms. The van der Waals surface area contributed by atoms with Crippen LogP contribution in [0.15, 0.2) is 46.9 Å². The molecule has 3 rings (SSSR count). The lowest BCUT2D eigenvalue weighted by atomic mass is 9.80. The summed E-state index contributed by atoms with van der Waals surface area (Å²) in [6.45, 7) is 0. The molecule has 1 aliphatic carbocycles. The fraction of sp³-hybridized carbons (Fsp3) is 0.235. The average Bonchev–Trinajstić information content (AvgIpc) is 2.35. The van der Waals surface area contributed by atoms with E-state index in [4.69, 9.17) is 0 Å². The molecule has 0 unspecified atom stereocenters. The van der Waals surface area contributed by atoms with Crippen molar-refractivity contribution in [2.24, 2.45) is 0 Å². The summed E-state index contributed by atoms with van der Waals surface area (Å²) in [5, 5.41) is 0. The van der Waals surface area contributed by atoms with Gasteiger partial charge in [-0.2, -0.15) is 0 Å². The minimum atomic E-state index is -0.409. The standard InChI is InChI=1S/C17H14BrFO/c18-15-8-14(9-16(19)10-15)17(20)13-6-4-12(5-7-13)11-2-1-3-11/h4-11H,1-3H2. The molecule has 0 saturated heterocycles. The quantitative estimate of drug-likeness (QED) is 0.716. The number of carbonyl (C=O) groups excluding carboxylic acids is 1. The maximum Gasteiger partial charge on any atom is 0.193 e. The van der Waals surface area contributed by atoms with E-state index in [1.54, 1.807) is 6.07 Å². The molecule has 0 amide bonds. The third-order valence-corrected chi connectivity index (χ3v) is 4.33. The van der Waals surface area contributed by atoms with Crippen molar-refractivity contribution in [1.29, 1.82) is 0 Å². The molecule has 0 aromatic heterocycles. The highest BCUT2D eigenvalue weighted by Crippen LogP contribution is 2.36. The summed E-state index contributed by atoms with van der Waals surface area (Å²) in [4.78, 5) is 12.3. The zero-order valence-electron chi connectivity index (χ0n) is 10.9. The van der Waals surface area contributed by atoms with Gasteiger partial charge in [0.1, 0.15) is 5.82 Å². The number of halogens is 2. The van der Waals surface area contributed by atoms with Crippen molar-refractivity contribution in [1.82, 2.24) is 0 Å². The van der Waals surface area contributed by atoms with Gasteiger partial charge in [-0.15, -0.1) is 0 Å². The van der Waals surface area contributed by atoms with E-state index in [9.17, 15) is 9.18 Å². The van der Waals surface area contributed by atoms with Crippen LogP contribution in [0.4, 0.5) is 4.39 Å². The first-order valence-corrected chi connectivity index (χ1v) is 7.53. The highest BCUT2D eigenvalue weighted by molar-refractivity contribution is 9.10. The monoisotopic (exact) mass is 332 g/mol. The lowest BCUT2D eigenvalue weighted by molar-refractivity contribution is 0.103. The smallest absolute Gasteiger partial charge is 0.193 e. The highest BCUT2D eigenvalue weighted by Gasteiger charge is 2.19. The second-order valence-corrected chi connectivity index (χ2v) is 6.15. The molecule has 1 fully saturated rings. The maximum absolute atomic E-state index is 13.3. The largest absolute Gasteiger partial charge is 0.289 e. The summed E-state index contributed by atoms with van der Waals surface area (Å²) in [6.07, 6.45) is 3.77. The Labute approximate surface area is 126 Å². The van der Waals surface area contributed by atoms with Crippen molar-refractivity contribution in [2.45, 2.75) is 25.2 Å². The molecule has 0 heterocycles. The van der Waals surface area contributed by atoms with Gasteiger partial charge < -0.3 is 0 Å². The van der Waals surface area contributed by atoms with Gasteiger partial charge in [0.15, 0.2) is 5.78 Å². The minimum Gasteiger partial charge on any atom is -0.289 e. The summed E-state index contributed by atoms with van der Waals surface area (Å²) in [7, 11) is 0. The molecule has 2 aromatic carbocycles. The van der Waals surface area contributed by atoms with E-state index in [2.05, 4.69) is 15.9 Å². The van der Waals surface area contributed by atoms with Gasteiger partial charge >= 0.3 is 0 Å². The average molecular weight is 333 g/mol. The van der Waals surface area contributed by atoms with Crippen molar-refractivity contribution < 1.29 is 9.18 Å². The molecule has 0 N–H and O–H groups in total. The molecule has 0 bridgehead atoms. The van der Waals surface area contributed by atoms with E-state index in [0.717, 1.165) is 0 Å². The number of hydrogen-bond acceptors (Lipinski definition) is 1. The van der Waals surface area contributed by atoms with Crippen molar-refractivity contribution >= 4 is 21.7 Å². The molecule has 0 spiro atoms. The van der Waals surface area contributed by atoms with Crippen LogP contribution in [0.3, 0.4) is 0 Å². The molecule has 102 valence electrons. The van der Waals surface area contributed by atoms with E-state index in [-0.39, 0.29) is 5.78 Å². The van der Waals surface area contributed by atoms with Crippen molar-refractivity contribution in [3.05, 3.63) is 69.4 Å². The molecular weight excluding hydrogens is 319 g/mol. The zero-order chi connectivity index (χ0) is 14.1. The number of benzene rings is 2. The van der Waals surface area contributed by atoms with Gasteiger partial charge in [0.25, 0.3) is 0 Å². The first-order chi connectivity index (χ1) is 9.63. The van der Waals surface area contributed by atoms with Crippen LogP contribution in [0.2, 0.25) is 0 Å². The molecular formula is C17H14BrFO. The second kappa shape index (κ2) is 5.49. The maximum atomic E-state index is 13.3. The van der Waals surface area contributed by atoms with Gasteiger partial charge in [-0.3, -0.25) is 4.79 Å². The lowest BCUT2D eigenvalue weighted by Gasteiger charge is -2.25. The van der Waals surface area contributed by atoms with Crippen molar-refractivity contribution in [2.75, 3.05) is 0 Å². The van der Waals surface area contributed by atoms with E-state index >= 15 is 0 Å². The lowest BCUT2D eigenvalue weighted by Crippen LogP contribution is -2.09. The Morgan fingerprint density at radius 3 is 2.30 bits per heavy atom. The van der Waals surface area contributed by atoms with Crippen LogP contribution in [-0.4, -0.2) is 5.78 Å². The van der Waals surface area contributed by atoms with Gasteiger partial charge in [-0.25, -0.2) is 4.39 Å². The Bertz CT molecular complexity index is 624. The number of hydrogen-bond donors (Lipinski definition) is 0. The van der Waals surface area contributed by atoms with Crippen LogP contribution in [0.5, 0.6) is 0 Å². The number of ketones is 1. The third kappa shape index (κ3) is 2.68. The van der Waals surface area contributed by atoms with Crippen molar-refractivity contribution in [3.8, 4) is 0 Å². The molecule has 0 aliphatic heterocycles. The van der Waals surface area contributed by atoms with E-state index < -0.39 is 5.82 Å². The Kier molecular flexibility index (Phi) is 3.70. The Hall–Kier alpha value is -1.48. The normalized spacial score (nSPS) is 14.9. The fourth-order valence-corrected chi connectivity index (χ4v) is 2.97. The Morgan fingerprint density at radius 2 is 1.75 bits per heavy atom. The predicted octanol–water partition coefficient (Wildman–Crippen LogP) is 5.09. The van der Waals surface area contributed by atoms with Gasteiger partial charge in [-0.05, 0) is 42.5 Å². The fourth-order valence-electron chi connectivity index (χ4n) is 2.50. The summed E-state index contributed by atoms with van der Waals surface area (Å²) in [5.74, 6) is 0.0987. The molecule has 1 aliphatic rings. The van der Waals surface area contributed by atoms with Crippen LogP contribution < -0.4 is 0 Å². The summed E-state index contributed by atoms with van der Waals surface area (Å²) in [5.41, 5.74) is 2.27. The van der Waals surface area contributed by atoms with Crippen LogP contribution >= 0.6 is 15.9 Å². The molecule has 1 nitrogen and oxygen atoms in total. The topological polar surface area (TPSA) is 17.1 Å². The van der Waals surface area contributed by atoms with Gasteiger partial charge in [0.05, 0.1) is 0 Å². The SMILES string of the molecule is O=C(c1ccc(C2CCC2)cc1)c1cc(F)cc(Br)c1. The van der Waals surface area contributed by atoms with E-state index in [1.165, 1.54) is 37.0 Å². The van der Waals surface area contributed by atoms with E-state index in [1.807, 2.05) is 24.3 Å². The first-order valence-electron chi connectivity index (χ1n) is 6.74. The second-order valence-electron chi connectivity index (χ2n) is 5.24.